The molecule has 3 nitrogen and oxygen atoms in total. The van der Waals surface area contributed by atoms with E-state index in [0.29, 0.717) is 17.6 Å². The summed E-state index contributed by atoms with van der Waals surface area (Å²) in [6.45, 7) is -0.00245. The van der Waals surface area contributed by atoms with Gasteiger partial charge >= 0.3 is 0 Å². The molecule has 1 aromatic heterocycles. The number of rotatable bonds is 4. The van der Waals surface area contributed by atoms with Crippen LogP contribution in [-0.2, 0) is 6.61 Å². The second-order valence-electron chi connectivity index (χ2n) is 3.38. The fourth-order valence-corrected chi connectivity index (χ4v) is 1.38. The Labute approximate surface area is 97.9 Å². The third-order valence-corrected chi connectivity index (χ3v) is 2.25. The molecule has 1 aromatic carbocycles. The Hall–Kier alpha value is -2.23. The summed E-state index contributed by atoms with van der Waals surface area (Å²) in [7, 11) is 0. The van der Waals surface area contributed by atoms with Gasteiger partial charge in [0, 0.05) is 6.20 Å². The van der Waals surface area contributed by atoms with Crippen LogP contribution in [0.5, 0.6) is 5.75 Å². The molecule has 0 atom stereocenters. The van der Waals surface area contributed by atoms with Crippen LogP contribution in [0.2, 0.25) is 0 Å². The lowest BCUT2D eigenvalue weighted by atomic mass is 10.2. The van der Waals surface area contributed by atoms with E-state index in [1.807, 2.05) is 0 Å². The number of halogens is 1. The smallest absolute Gasteiger partial charge is 0.153 e. The van der Waals surface area contributed by atoms with E-state index in [9.17, 15) is 9.18 Å². The van der Waals surface area contributed by atoms with Gasteiger partial charge in [0.25, 0.3) is 0 Å². The Morgan fingerprint density at radius 3 is 2.82 bits per heavy atom. The molecule has 0 amide bonds. The van der Waals surface area contributed by atoms with Crippen molar-refractivity contribution in [2.75, 3.05) is 0 Å². The lowest BCUT2D eigenvalue weighted by molar-refractivity contribution is 0.111. The number of carbonyl (C=O) groups excluding carboxylic acids is 1. The van der Waals surface area contributed by atoms with Crippen LogP contribution in [-0.4, -0.2) is 11.3 Å². The lowest BCUT2D eigenvalue weighted by Crippen LogP contribution is -2.02. The molecule has 0 saturated heterocycles. The number of para-hydroxylation sites is 1. The van der Waals surface area contributed by atoms with Crippen molar-refractivity contribution in [3.8, 4) is 5.75 Å². The predicted molar refractivity (Wildman–Crippen MR) is 60.4 cm³/mol. The van der Waals surface area contributed by atoms with E-state index in [-0.39, 0.29) is 12.3 Å². The van der Waals surface area contributed by atoms with Crippen LogP contribution in [0.4, 0.5) is 4.39 Å². The van der Waals surface area contributed by atoms with Crippen LogP contribution >= 0.6 is 0 Å². The Kier molecular flexibility index (Phi) is 3.45. The van der Waals surface area contributed by atoms with Crippen LogP contribution in [0, 0.1) is 5.82 Å². The van der Waals surface area contributed by atoms with Gasteiger partial charge in [-0.3, -0.25) is 9.78 Å². The molecule has 0 fully saturated rings. The second-order valence-corrected chi connectivity index (χ2v) is 3.38. The highest BCUT2D eigenvalue weighted by atomic mass is 19.1. The van der Waals surface area contributed by atoms with Crippen molar-refractivity contribution in [2.45, 2.75) is 6.61 Å². The number of benzene rings is 1. The summed E-state index contributed by atoms with van der Waals surface area (Å²) in [5.74, 6) is 0.00337. The van der Waals surface area contributed by atoms with Crippen molar-refractivity contribution < 1.29 is 13.9 Å². The number of pyridine rings is 1. The maximum Gasteiger partial charge on any atom is 0.153 e. The molecule has 2 aromatic rings. The van der Waals surface area contributed by atoms with Gasteiger partial charge in [-0.1, -0.05) is 12.1 Å². The quantitative estimate of drug-likeness (QED) is 0.759. The summed E-state index contributed by atoms with van der Waals surface area (Å²) in [5, 5.41) is 0. The zero-order chi connectivity index (χ0) is 12.1. The average molecular weight is 231 g/mol. The highest BCUT2D eigenvalue weighted by molar-refractivity contribution is 5.79. The molecular weight excluding hydrogens is 221 g/mol. The number of ether oxygens (including phenoxy) is 1. The Balaban J connectivity index is 2.13. The van der Waals surface area contributed by atoms with E-state index >= 15 is 0 Å². The van der Waals surface area contributed by atoms with Gasteiger partial charge in [0.15, 0.2) is 6.29 Å². The first-order valence-electron chi connectivity index (χ1n) is 5.07. The summed E-state index contributed by atoms with van der Waals surface area (Å²) in [6.07, 6.45) is 2.19. The molecule has 86 valence electrons. The predicted octanol–water partition coefficient (Wildman–Crippen LogP) is 2.61. The maximum atomic E-state index is 13.3. The minimum atomic E-state index is -0.420. The monoisotopic (exact) mass is 231 g/mol. The summed E-state index contributed by atoms with van der Waals surface area (Å²) >= 11 is 0. The Morgan fingerprint density at radius 1 is 1.24 bits per heavy atom. The molecular formula is C13H10FNO2. The van der Waals surface area contributed by atoms with E-state index in [1.165, 1.54) is 18.3 Å². The van der Waals surface area contributed by atoms with Crippen LogP contribution in [0.25, 0.3) is 0 Å². The van der Waals surface area contributed by atoms with Gasteiger partial charge in [0.05, 0.1) is 5.56 Å². The first-order chi connectivity index (χ1) is 8.31. The van der Waals surface area contributed by atoms with E-state index in [1.54, 1.807) is 24.3 Å². The Morgan fingerprint density at radius 2 is 2.06 bits per heavy atom. The lowest BCUT2D eigenvalue weighted by Gasteiger charge is -2.07. The number of hydrogen-bond donors (Lipinski definition) is 0. The molecule has 2 rings (SSSR count). The van der Waals surface area contributed by atoms with Gasteiger partial charge in [-0.25, -0.2) is 4.39 Å². The zero-order valence-corrected chi connectivity index (χ0v) is 8.97. The van der Waals surface area contributed by atoms with Gasteiger partial charge in [0.2, 0.25) is 0 Å². The van der Waals surface area contributed by atoms with Crippen molar-refractivity contribution in [1.29, 1.82) is 0 Å². The number of carbonyl (C=O) groups is 1. The van der Waals surface area contributed by atoms with E-state index in [0.717, 1.165) is 0 Å². The zero-order valence-electron chi connectivity index (χ0n) is 8.97. The van der Waals surface area contributed by atoms with E-state index in [2.05, 4.69) is 4.98 Å². The van der Waals surface area contributed by atoms with Crippen molar-refractivity contribution in [3.05, 3.63) is 59.7 Å². The van der Waals surface area contributed by atoms with Crippen LogP contribution in [0.1, 0.15) is 16.1 Å². The second kappa shape index (κ2) is 5.21. The van der Waals surface area contributed by atoms with Gasteiger partial charge < -0.3 is 4.74 Å². The third kappa shape index (κ3) is 2.66. The van der Waals surface area contributed by atoms with Gasteiger partial charge in [-0.15, -0.1) is 0 Å². The highest BCUT2D eigenvalue weighted by Gasteiger charge is 2.05. The molecule has 0 saturated carbocycles. The molecule has 0 aliphatic rings. The van der Waals surface area contributed by atoms with Gasteiger partial charge in [0.1, 0.15) is 23.9 Å². The molecule has 0 N–H and O–H groups in total. The topological polar surface area (TPSA) is 39.2 Å². The standard InChI is InChI=1S/C13H10FNO2/c14-11-5-3-7-15-12(11)9-17-13-6-2-1-4-10(13)8-16/h1-8H,9H2. The number of aldehydes is 1. The Bertz CT molecular complexity index is 528. The van der Waals surface area contributed by atoms with Crippen LogP contribution in [0.15, 0.2) is 42.6 Å². The van der Waals surface area contributed by atoms with Crippen LogP contribution in [0.3, 0.4) is 0 Å². The van der Waals surface area contributed by atoms with Gasteiger partial charge in [-0.2, -0.15) is 0 Å². The van der Waals surface area contributed by atoms with Gasteiger partial charge in [-0.05, 0) is 24.3 Å². The molecule has 0 aliphatic carbocycles. The average Bonchev–Trinajstić information content (AvgIpc) is 2.38. The number of hydrogen-bond acceptors (Lipinski definition) is 3. The first kappa shape index (κ1) is 11.3. The SMILES string of the molecule is O=Cc1ccccc1OCc1ncccc1F. The van der Waals surface area contributed by atoms with Crippen LogP contribution < -0.4 is 4.74 Å². The third-order valence-electron chi connectivity index (χ3n) is 2.25. The molecule has 0 spiro atoms. The fourth-order valence-electron chi connectivity index (χ4n) is 1.38. The molecule has 0 unspecified atom stereocenters. The molecule has 0 bridgehead atoms. The number of aromatic nitrogens is 1. The van der Waals surface area contributed by atoms with Crippen molar-refractivity contribution in [2.24, 2.45) is 0 Å². The minimum absolute atomic E-state index is 0.00245. The maximum absolute atomic E-state index is 13.3. The normalized spacial score (nSPS) is 9.94. The fraction of sp³-hybridized carbons (Fsp3) is 0.0769. The van der Waals surface area contributed by atoms with Crippen molar-refractivity contribution in [1.82, 2.24) is 4.98 Å². The molecule has 1 heterocycles. The first-order valence-corrected chi connectivity index (χ1v) is 5.07. The molecule has 4 heteroatoms. The van der Waals surface area contributed by atoms with E-state index < -0.39 is 5.82 Å². The summed E-state index contributed by atoms with van der Waals surface area (Å²) in [6, 6.07) is 9.60. The minimum Gasteiger partial charge on any atom is -0.486 e. The molecule has 0 radical (unpaired) electrons. The number of nitrogens with zero attached hydrogens (tertiary/aromatic N) is 1. The largest absolute Gasteiger partial charge is 0.486 e. The highest BCUT2D eigenvalue weighted by Crippen LogP contribution is 2.17. The summed E-state index contributed by atoms with van der Waals surface area (Å²) < 4.78 is 18.6. The summed E-state index contributed by atoms with van der Waals surface area (Å²) in [4.78, 5) is 14.6. The van der Waals surface area contributed by atoms with Crippen molar-refractivity contribution in [3.63, 3.8) is 0 Å². The summed E-state index contributed by atoms with van der Waals surface area (Å²) in [5.41, 5.74) is 0.650. The molecule has 17 heavy (non-hydrogen) atoms. The van der Waals surface area contributed by atoms with E-state index in [4.69, 9.17) is 4.74 Å². The van der Waals surface area contributed by atoms with Crippen molar-refractivity contribution >= 4 is 6.29 Å². The molecule has 0 aliphatic heterocycles.